The summed E-state index contributed by atoms with van der Waals surface area (Å²) < 4.78 is 0. The lowest BCUT2D eigenvalue weighted by atomic mass is 10.0. The Kier molecular flexibility index (Phi) is 5.34. The van der Waals surface area contributed by atoms with Gasteiger partial charge in [0.25, 0.3) is 0 Å². The van der Waals surface area contributed by atoms with E-state index in [2.05, 4.69) is 84.0 Å². The Morgan fingerprint density at radius 2 is 1.59 bits per heavy atom. The molecule has 1 aromatic heterocycles. The Hall–Kier alpha value is -2.87. The fourth-order valence-corrected chi connectivity index (χ4v) is 3.67. The summed E-state index contributed by atoms with van der Waals surface area (Å²) in [5, 5.41) is 8.55. The van der Waals surface area contributed by atoms with Gasteiger partial charge in [-0.2, -0.15) is 0 Å². The van der Waals surface area contributed by atoms with Crippen molar-refractivity contribution in [3.05, 3.63) is 78.5 Å². The molecule has 0 aliphatic heterocycles. The molecule has 0 unspecified atom stereocenters. The highest BCUT2D eigenvalue weighted by Gasteiger charge is 2.05. The molecule has 0 aliphatic rings. The third-order valence-electron chi connectivity index (χ3n) is 5.15. The van der Waals surface area contributed by atoms with E-state index in [1.807, 2.05) is 6.20 Å². The van der Waals surface area contributed by atoms with E-state index in [-0.39, 0.29) is 0 Å². The zero-order valence-corrected chi connectivity index (χ0v) is 15.9. The lowest BCUT2D eigenvalue weighted by molar-refractivity contribution is 0.666. The molecule has 4 aromatic rings. The molecule has 1 N–H and O–H groups in total. The third-order valence-corrected chi connectivity index (χ3v) is 5.15. The van der Waals surface area contributed by atoms with Crippen molar-refractivity contribution in [2.24, 2.45) is 0 Å². The van der Waals surface area contributed by atoms with Crippen molar-refractivity contribution in [2.45, 2.75) is 39.0 Å². The van der Waals surface area contributed by atoms with Crippen molar-refractivity contribution < 1.29 is 0 Å². The Bertz CT molecular complexity index is 1050. The van der Waals surface area contributed by atoms with Gasteiger partial charge in [0.15, 0.2) is 0 Å². The minimum atomic E-state index is 0.920. The summed E-state index contributed by atoms with van der Waals surface area (Å²) in [5.74, 6) is 0.920. The van der Waals surface area contributed by atoms with E-state index in [4.69, 9.17) is 0 Å². The van der Waals surface area contributed by atoms with Crippen LogP contribution in [-0.2, 0) is 6.42 Å². The van der Waals surface area contributed by atoms with Gasteiger partial charge in [-0.1, -0.05) is 62.6 Å². The minimum Gasteiger partial charge on any atom is -0.340 e. The molecular formula is C25H26N2. The summed E-state index contributed by atoms with van der Waals surface area (Å²) in [4.78, 5) is 4.54. The largest absolute Gasteiger partial charge is 0.340 e. The lowest BCUT2D eigenvalue weighted by Gasteiger charge is -2.11. The molecule has 0 aliphatic carbocycles. The number of hydrogen-bond donors (Lipinski definition) is 1. The fraction of sp³-hybridized carbons (Fsp3) is 0.240. The third kappa shape index (κ3) is 4.11. The van der Waals surface area contributed by atoms with Crippen LogP contribution in [0.3, 0.4) is 0 Å². The first-order chi connectivity index (χ1) is 13.3. The van der Waals surface area contributed by atoms with E-state index in [1.165, 1.54) is 52.8 Å². The summed E-state index contributed by atoms with van der Waals surface area (Å²) >= 11 is 0. The number of pyridine rings is 1. The van der Waals surface area contributed by atoms with E-state index in [0.29, 0.717) is 0 Å². The van der Waals surface area contributed by atoms with Crippen LogP contribution in [0.15, 0.2) is 72.9 Å². The van der Waals surface area contributed by atoms with Crippen LogP contribution in [0.2, 0.25) is 0 Å². The number of aryl methyl sites for hydroxylation is 1. The van der Waals surface area contributed by atoms with E-state index in [0.717, 1.165) is 17.9 Å². The van der Waals surface area contributed by atoms with Gasteiger partial charge in [0, 0.05) is 17.3 Å². The molecule has 136 valence electrons. The van der Waals surface area contributed by atoms with Gasteiger partial charge in [0.1, 0.15) is 5.82 Å². The van der Waals surface area contributed by atoms with Crippen molar-refractivity contribution in [2.75, 3.05) is 5.32 Å². The summed E-state index contributed by atoms with van der Waals surface area (Å²) in [7, 11) is 0. The molecule has 0 atom stereocenters. The normalized spacial score (nSPS) is 11.1. The average molecular weight is 354 g/mol. The van der Waals surface area contributed by atoms with E-state index >= 15 is 0 Å². The second kappa shape index (κ2) is 8.22. The Balaban J connectivity index is 1.60. The molecule has 0 saturated carbocycles. The molecule has 27 heavy (non-hydrogen) atoms. The second-order valence-electron chi connectivity index (χ2n) is 7.21. The molecule has 2 nitrogen and oxygen atoms in total. The number of fused-ring (bicyclic) bond motifs is 2. The van der Waals surface area contributed by atoms with Gasteiger partial charge in [-0.3, -0.25) is 0 Å². The van der Waals surface area contributed by atoms with Crippen LogP contribution in [0.4, 0.5) is 11.5 Å². The number of aromatic nitrogens is 1. The van der Waals surface area contributed by atoms with Crippen molar-refractivity contribution in [3.8, 4) is 0 Å². The summed E-state index contributed by atoms with van der Waals surface area (Å²) in [6.45, 7) is 2.25. The number of hydrogen-bond acceptors (Lipinski definition) is 2. The topological polar surface area (TPSA) is 24.9 Å². The SMILES string of the molecule is CCCCCCc1ccnc(Nc2cccc3cc4ccccc4cc23)c1. The van der Waals surface area contributed by atoms with Gasteiger partial charge in [-0.15, -0.1) is 0 Å². The van der Waals surface area contributed by atoms with Gasteiger partial charge >= 0.3 is 0 Å². The van der Waals surface area contributed by atoms with Crippen molar-refractivity contribution in [1.82, 2.24) is 4.98 Å². The Morgan fingerprint density at radius 3 is 2.44 bits per heavy atom. The van der Waals surface area contributed by atoms with Crippen molar-refractivity contribution in [1.29, 1.82) is 0 Å². The molecule has 0 spiro atoms. The zero-order valence-electron chi connectivity index (χ0n) is 15.9. The van der Waals surface area contributed by atoms with Gasteiger partial charge < -0.3 is 5.32 Å². The van der Waals surface area contributed by atoms with Crippen LogP contribution in [0, 0.1) is 0 Å². The highest BCUT2D eigenvalue weighted by Crippen LogP contribution is 2.30. The maximum absolute atomic E-state index is 4.54. The van der Waals surface area contributed by atoms with E-state index in [9.17, 15) is 0 Å². The second-order valence-corrected chi connectivity index (χ2v) is 7.21. The van der Waals surface area contributed by atoms with Crippen LogP contribution >= 0.6 is 0 Å². The van der Waals surface area contributed by atoms with Gasteiger partial charge in [-0.05, 0) is 64.9 Å². The molecule has 4 rings (SSSR count). The Labute approximate surface area is 161 Å². The highest BCUT2D eigenvalue weighted by atomic mass is 15.0. The number of unbranched alkanes of at least 4 members (excludes halogenated alkanes) is 3. The van der Waals surface area contributed by atoms with Crippen molar-refractivity contribution in [3.63, 3.8) is 0 Å². The number of benzene rings is 3. The summed E-state index contributed by atoms with van der Waals surface area (Å²) in [6, 6.07) is 23.8. The molecule has 0 amide bonds. The first-order valence-electron chi connectivity index (χ1n) is 9.97. The van der Waals surface area contributed by atoms with Gasteiger partial charge in [0.05, 0.1) is 0 Å². The number of rotatable bonds is 7. The molecule has 3 aromatic carbocycles. The Morgan fingerprint density at radius 1 is 0.778 bits per heavy atom. The van der Waals surface area contributed by atoms with Crippen molar-refractivity contribution >= 4 is 33.1 Å². The average Bonchev–Trinajstić information content (AvgIpc) is 2.70. The predicted molar refractivity (Wildman–Crippen MR) is 117 cm³/mol. The molecule has 0 radical (unpaired) electrons. The zero-order chi connectivity index (χ0) is 18.5. The van der Waals surface area contributed by atoms with Crippen LogP contribution in [0.5, 0.6) is 0 Å². The molecule has 0 saturated heterocycles. The van der Waals surface area contributed by atoms with Crippen LogP contribution in [-0.4, -0.2) is 4.98 Å². The van der Waals surface area contributed by atoms with Gasteiger partial charge in [0.2, 0.25) is 0 Å². The maximum Gasteiger partial charge on any atom is 0.130 e. The minimum absolute atomic E-state index is 0.920. The molecule has 2 heteroatoms. The molecular weight excluding hydrogens is 328 g/mol. The predicted octanol–water partition coefficient (Wildman–Crippen LogP) is 7.25. The number of nitrogens with one attached hydrogen (secondary N) is 1. The van der Waals surface area contributed by atoms with Crippen LogP contribution in [0.25, 0.3) is 21.5 Å². The summed E-state index contributed by atoms with van der Waals surface area (Å²) in [5.41, 5.74) is 2.46. The molecule has 0 fully saturated rings. The van der Waals surface area contributed by atoms with Gasteiger partial charge in [-0.25, -0.2) is 4.98 Å². The highest BCUT2D eigenvalue weighted by molar-refractivity contribution is 6.04. The van der Waals surface area contributed by atoms with Crippen LogP contribution in [0.1, 0.15) is 38.2 Å². The molecule has 0 bridgehead atoms. The molecule has 1 heterocycles. The lowest BCUT2D eigenvalue weighted by Crippen LogP contribution is -1.96. The fourth-order valence-electron chi connectivity index (χ4n) is 3.67. The summed E-state index contributed by atoms with van der Waals surface area (Å²) in [6.07, 6.45) is 8.18. The van der Waals surface area contributed by atoms with E-state index in [1.54, 1.807) is 0 Å². The van der Waals surface area contributed by atoms with E-state index < -0.39 is 0 Å². The standard InChI is InChI=1S/C25H26N2/c1-2-3-4-5-9-19-14-15-26-25(16-19)27-24-13-8-12-22-17-20-10-6-7-11-21(20)18-23(22)24/h6-8,10-18H,2-5,9H2,1H3,(H,26,27). The first-order valence-corrected chi connectivity index (χ1v) is 9.97. The maximum atomic E-state index is 4.54. The smallest absolute Gasteiger partial charge is 0.130 e. The first kappa shape index (κ1) is 17.5. The number of nitrogens with zero attached hydrogens (tertiary/aromatic N) is 1. The monoisotopic (exact) mass is 354 g/mol. The number of anilines is 2. The quantitative estimate of drug-likeness (QED) is 0.279. The van der Waals surface area contributed by atoms with Crippen LogP contribution < -0.4 is 5.32 Å².